The quantitative estimate of drug-likeness (QED) is 0.401. The average molecular weight is 133 g/mol. The summed E-state index contributed by atoms with van der Waals surface area (Å²) in [5.41, 5.74) is 1.92. The van der Waals surface area contributed by atoms with Gasteiger partial charge in [0.05, 0.1) is 7.11 Å². The molecule has 0 saturated heterocycles. The van der Waals surface area contributed by atoms with Gasteiger partial charge in [0.2, 0.25) is 5.55 Å². The normalized spacial score (nSPS) is 7.62. The van der Waals surface area contributed by atoms with Crippen molar-refractivity contribution in [3.05, 3.63) is 0 Å². The van der Waals surface area contributed by atoms with Gasteiger partial charge in [-0.25, -0.2) is 4.79 Å². The summed E-state index contributed by atoms with van der Waals surface area (Å²) in [7, 11) is 1.27. The average Bonchev–Trinajstić information content (AvgIpc) is 1.83. The van der Waals surface area contributed by atoms with Crippen LogP contribution in [0.2, 0.25) is 0 Å². The molecule has 45 valence electrons. The number of methoxy groups -OCH3 is 1. The topological polar surface area (TPSA) is 35.5 Å². The summed E-state index contributed by atoms with van der Waals surface area (Å²) in [4.78, 5) is 10.1. The molecule has 0 aromatic heterocycles. The van der Waals surface area contributed by atoms with E-state index in [-0.39, 0.29) is 6.61 Å². The largest absolute Gasteiger partial charge is 0.468 e. The first-order valence-corrected chi connectivity index (χ1v) is 2.28. The Kier molecular flexibility index (Phi) is 4.16. The van der Waals surface area contributed by atoms with Crippen LogP contribution in [0, 0.1) is 0 Å². The van der Waals surface area contributed by atoms with Gasteiger partial charge in [0, 0.05) is 0 Å². The third kappa shape index (κ3) is 3.55. The lowest BCUT2D eigenvalue weighted by atomic mass is 10.7. The highest BCUT2D eigenvalue weighted by molar-refractivity contribution is 7.78. The predicted octanol–water partition coefficient (Wildman–Crippen LogP) is 0.0102. The molecule has 0 atom stereocenters. The van der Waals surface area contributed by atoms with Crippen molar-refractivity contribution >= 4 is 23.7 Å². The van der Waals surface area contributed by atoms with Crippen LogP contribution in [0.1, 0.15) is 0 Å². The highest BCUT2D eigenvalue weighted by Gasteiger charge is 1.95. The van der Waals surface area contributed by atoms with Crippen LogP contribution in [0.15, 0.2) is 0 Å². The third-order valence-electron chi connectivity index (χ3n) is 0.477. The molecule has 0 aliphatic rings. The van der Waals surface area contributed by atoms with Crippen LogP contribution in [0.25, 0.3) is 0 Å². The summed E-state index contributed by atoms with van der Waals surface area (Å²) in [6.45, 7) is -0.153. The molecule has 1 radical (unpaired) electrons. The standard InChI is InChI=1S/C4H5O3S/c1-6-4(5)2-7-3-8/h2H2,1H3. The van der Waals surface area contributed by atoms with E-state index in [1.54, 1.807) is 0 Å². The Balaban J connectivity index is 3.11. The maximum absolute atomic E-state index is 10.1. The smallest absolute Gasteiger partial charge is 0.343 e. The Morgan fingerprint density at radius 3 is 2.88 bits per heavy atom. The third-order valence-corrected chi connectivity index (χ3v) is 0.594. The van der Waals surface area contributed by atoms with Crippen LogP contribution >= 0.6 is 12.2 Å². The van der Waals surface area contributed by atoms with Crippen molar-refractivity contribution in [2.24, 2.45) is 0 Å². The minimum absolute atomic E-state index is 0.153. The molecule has 0 aromatic rings. The molecule has 8 heavy (non-hydrogen) atoms. The highest BCUT2D eigenvalue weighted by atomic mass is 32.1. The lowest BCUT2D eigenvalue weighted by Crippen LogP contribution is -2.08. The number of hydrogen-bond acceptors (Lipinski definition) is 4. The number of esters is 1. The van der Waals surface area contributed by atoms with Gasteiger partial charge in [-0.15, -0.1) is 0 Å². The SMILES string of the molecule is COC(=O)CO[C]=S. The number of ether oxygens (including phenoxy) is 2. The second-order valence-corrected chi connectivity index (χ2v) is 1.11. The summed E-state index contributed by atoms with van der Waals surface area (Å²) in [5.74, 6) is -0.456. The van der Waals surface area contributed by atoms with Crippen molar-refractivity contribution < 1.29 is 14.3 Å². The number of hydrogen-bond donors (Lipinski definition) is 0. The Hall–Kier alpha value is -0.640. The fourth-order valence-corrected chi connectivity index (χ4v) is 0.206. The van der Waals surface area contributed by atoms with Crippen molar-refractivity contribution in [3.8, 4) is 0 Å². The first kappa shape index (κ1) is 7.36. The molecule has 0 rings (SSSR count). The van der Waals surface area contributed by atoms with Crippen molar-refractivity contribution in [2.75, 3.05) is 13.7 Å². The monoisotopic (exact) mass is 133 g/mol. The van der Waals surface area contributed by atoms with E-state index in [1.807, 2.05) is 5.55 Å². The van der Waals surface area contributed by atoms with Crippen LogP contribution < -0.4 is 0 Å². The Morgan fingerprint density at radius 2 is 2.50 bits per heavy atom. The van der Waals surface area contributed by atoms with Crippen molar-refractivity contribution in [1.29, 1.82) is 0 Å². The zero-order valence-electron chi connectivity index (χ0n) is 4.34. The molecule has 0 aliphatic carbocycles. The van der Waals surface area contributed by atoms with Crippen LogP contribution in [0.4, 0.5) is 0 Å². The van der Waals surface area contributed by atoms with Gasteiger partial charge >= 0.3 is 5.97 Å². The van der Waals surface area contributed by atoms with Crippen LogP contribution in [-0.2, 0) is 14.3 Å². The Bertz CT molecular complexity index is 91.3. The molecule has 0 aromatic carbocycles. The number of rotatable bonds is 3. The molecule has 0 fully saturated rings. The van der Waals surface area contributed by atoms with E-state index < -0.39 is 5.97 Å². The number of carbonyl (C=O) groups is 1. The number of carbonyl (C=O) groups excluding carboxylic acids is 1. The highest BCUT2D eigenvalue weighted by Crippen LogP contribution is 1.73. The molecule has 0 heterocycles. The molecule has 0 saturated carbocycles. The minimum Gasteiger partial charge on any atom is -0.468 e. The van der Waals surface area contributed by atoms with E-state index in [1.165, 1.54) is 7.11 Å². The van der Waals surface area contributed by atoms with E-state index in [0.29, 0.717) is 0 Å². The Morgan fingerprint density at radius 1 is 1.88 bits per heavy atom. The van der Waals surface area contributed by atoms with Gasteiger partial charge in [0.15, 0.2) is 6.61 Å². The van der Waals surface area contributed by atoms with E-state index in [0.717, 1.165) is 0 Å². The summed E-state index contributed by atoms with van der Waals surface area (Å²) < 4.78 is 8.48. The fraction of sp³-hybridized carbons (Fsp3) is 0.500. The minimum atomic E-state index is -0.456. The van der Waals surface area contributed by atoms with Gasteiger partial charge < -0.3 is 9.47 Å². The maximum atomic E-state index is 10.1. The molecular weight excluding hydrogens is 128 g/mol. The molecule has 0 unspecified atom stereocenters. The van der Waals surface area contributed by atoms with E-state index in [2.05, 4.69) is 21.7 Å². The first-order valence-electron chi connectivity index (χ1n) is 1.87. The zero-order valence-corrected chi connectivity index (χ0v) is 5.16. The lowest BCUT2D eigenvalue weighted by Gasteiger charge is -1.93. The predicted molar refractivity (Wildman–Crippen MR) is 30.6 cm³/mol. The van der Waals surface area contributed by atoms with Gasteiger partial charge in [-0.05, 0) is 12.2 Å². The Labute approximate surface area is 52.6 Å². The molecular formula is C4H5O3S. The van der Waals surface area contributed by atoms with Gasteiger partial charge in [-0.1, -0.05) is 0 Å². The second-order valence-electron chi connectivity index (χ2n) is 0.948. The molecule has 0 spiro atoms. The van der Waals surface area contributed by atoms with Gasteiger partial charge in [-0.2, -0.15) is 0 Å². The van der Waals surface area contributed by atoms with E-state index in [9.17, 15) is 4.79 Å². The molecule has 4 heteroatoms. The second kappa shape index (κ2) is 4.52. The molecule has 0 aliphatic heterocycles. The van der Waals surface area contributed by atoms with Crippen LogP contribution in [-0.4, -0.2) is 25.2 Å². The molecule has 0 amide bonds. The molecule has 0 N–H and O–H groups in total. The van der Waals surface area contributed by atoms with Gasteiger partial charge in [-0.3, -0.25) is 0 Å². The summed E-state index contributed by atoms with van der Waals surface area (Å²) in [6, 6.07) is 0. The van der Waals surface area contributed by atoms with E-state index >= 15 is 0 Å². The van der Waals surface area contributed by atoms with Gasteiger partial charge in [0.1, 0.15) is 0 Å². The number of thiocarbonyl (C=S) groups is 1. The zero-order chi connectivity index (χ0) is 6.41. The lowest BCUT2D eigenvalue weighted by molar-refractivity contribution is -0.143. The first-order chi connectivity index (χ1) is 3.81. The molecule has 0 bridgehead atoms. The maximum Gasteiger partial charge on any atom is 0.343 e. The van der Waals surface area contributed by atoms with Crippen molar-refractivity contribution in [2.45, 2.75) is 0 Å². The fourth-order valence-electron chi connectivity index (χ4n) is 0.147. The van der Waals surface area contributed by atoms with Crippen LogP contribution in [0.3, 0.4) is 0 Å². The van der Waals surface area contributed by atoms with E-state index in [4.69, 9.17) is 0 Å². The summed E-state index contributed by atoms with van der Waals surface area (Å²) in [5, 5.41) is 0. The van der Waals surface area contributed by atoms with Gasteiger partial charge in [0.25, 0.3) is 0 Å². The van der Waals surface area contributed by atoms with Crippen molar-refractivity contribution in [3.63, 3.8) is 0 Å². The summed E-state index contributed by atoms with van der Waals surface area (Å²) in [6.07, 6.45) is 0. The summed E-state index contributed by atoms with van der Waals surface area (Å²) >= 11 is 4.14. The van der Waals surface area contributed by atoms with Crippen molar-refractivity contribution in [1.82, 2.24) is 0 Å². The molecule has 3 nitrogen and oxygen atoms in total. The van der Waals surface area contributed by atoms with Crippen LogP contribution in [0.5, 0.6) is 0 Å².